The summed E-state index contributed by atoms with van der Waals surface area (Å²) in [5, 5.41) is 21.2. The summed E-state index contributed by atoms with van der Waals surface area (Å²) in [7, 11) is 1.97. The van der Waals surface area contributed by atoms with Gasteiger partial charge in [0.25, 0.3) is 0 Å². The van der Waals surface area contributed by atoms with Crippen molar-refractivity contribution in [1.82, 2.24) is 4.90 Å². The molecule has 2 amide bonds. The van der Waals surface area contributed by atoms with E-state index in [1.54, 1.807) is 41.7 Å². The molecule has 3 aromatic rings. The zero-order chi connectivity index (χ0) is 30.3. The number of carbonyl (C=O) groups is 3. The van der Waals surface area contributed by atoms with Gasteiger partial charge in [0.2, 0.25) is 5.82 Å². The third-order valence-corrected chi connectivity index (χ3v) is 6.29. The van der Waals surface area contributed by atoms with Gasteiger partial charge in [-0.2, -0.15) is 0 Å². The number of piperidine rings is 1. The smallest absolute Gasteiger partial charge is 0.337 e. The molecule has 4 rings (SSSR count). The molecule has 0 aromatic heterocycles. The van der Waals surface area contributed by atoms with E-state index in [2.05, 4.69) is 10.2 Å². The summed E-state index contributed by atoms with van der Waals surface area (Å²) in [6.07, 6.45) is -0.00208. The van der Waals surface area contributed by atoms with Gasteiger partial charge in [-0.05, 0) is 50.7 Å². The van der Waals surface area contributed by atoms with Crippen molar-refractivity contribution in [2.24, 2.45) is 5.92 Å². The lowest BCUT2D eigenvalue weighted by molar-refractivity contribution is -0.146. The van der Waals surface area contributed by atoms with Crippen LogP contribution in [0.4, 0.5) is 38.1 Å². The molecule has 1 aliphatic rings. The molecule has 13 heteroatoms. The molecule has 1 atom stereocenters. The number of anilines is 2. The Hall–Kier alpha value is -4.36. The molecule has 0 aliphatic carbocycles. The molecular formula is C28H26F5N3O5. The molecule has 1 fully saturated rings. The Morgan fingerprint density at radius 1 is 0.829 bits per heavy atom. The van der Waals surface area contributed by atoms with Crippen LogP contribution in [0.3, 0.4) is 0 Å². The van der Waals surface area contributed by atoms with Crippen LogP contribution in [0.25, 0.3) is 0 Å². The van der Waals surface area contributed by atoms with Crippen molar-refractivity contribution in [3.8, 4) is 0 Å². The molecule has 41 heavy (non-hydrogen) atoms. The minimum Gasteiger partial charge on any atom is -0.479 e. The van der Waals surface area contributed by atoms with Gasteiger partial charge in [-0.3, -0.25) is 4.79 Å². The van der Waals surface area contributed by atoms with Crippen molar-refractivity contribution in [3.63, 3.8) is 0 Å². The first-order valence-electron chi connectivity index (χ1n) is 12.3. The summed E-state index contributed by atoms with van der Waals surface area (Å²) in [6, 6.07) is 12.9. The largest absolute Gasteiger partial charge is 0.479 e. The summed E-state index contributed by atoms with van der Waals surface area (Å²) < 4.78 is 67.0. The van der Waals surface area contributed by atoms with E-state index in [-0.39, 0.29) is 17.4 Å². The van der Waals surface area contributed by atoms with Crippen molar-refractivity contribution in [2.45, 2.75) is 18.9 Å². The third-order valence-electron chi connectivity index (χ3n) is 6.29. The number of likely N-dealkylation sites (tertiary alicyclic amines) is 1. The predicted octanol–water partition coefficient (Wildman–Crippen LogP) is 5.36. The molecule has 0 bridgehead atoms. The number of rotatable bonds is 6. The molecule has 4 N–H and O–H groups in total. The van der Waals surface area contributed by atoms with E-state index >= 15 is 0 Å². The second kappa shape index (κ2) is 13.8. The fourth-order valence-electron chi connectivity index (χ4n) is 4.03. The van der Waals surface area contributed by atoms with Gasteiger partial charge < -0.3 is 25.7 Å². The summed E-state index contributed by atoms with van der Waals surface area (Å²) in [4.78, 5) is 37.1. The number of hydrogen-bond acceptors (Lipinski definition) is 5. The molecule has 1 unspecified atom stereocenters. The van der Waals surface area contributed by atoms with Crippen LogP contribution in [-0.2, 0) is 4.79 Å². The molecule has 0 radical (unpaired) electrons. The zero-order valence-corrected chi connectivity index (χ0v) is 21.6. The second-order valence-electron chi connectivity index (χ2n) is 9.20. The highest BCUT2D eigenvalue weighted by atomic mass is 19.2. The summed E-state index contributed by atoms with van der Waals surface area (Å²) in [5.74, 6) is -12.5. The molecule has 0 spiro atoms. The van der Waals surface area contributed by atoms with Gasteiger partial charge >= 0.3 is 12.0 Å². The first-order chi connectivity index (χ1) is 19.4. The molecule has 218 valence electrons. The second-order valence-corrected chi connectivity index (χ2v) is 9.20. The zero-order valence-electron chi connectivity index (χ0n) is 21.6. The van der Waals surface area contributed by atoms with Gasteiger partial charge in [-0.15, -0.1) is 0 Å². The van der Waals surface area contributed by atoms with E-state index in [1.165, 1.54) is 18.2 Å². The normalized spacial score (nSPS) is 14.4. The van der Waals surface area contributed by atoms with Crippen LogP contribution in [-0.4, -0.2) is 53.0 Å². The number of hydrogen-bond donors (Lipinski definition) is 4. The summed E-state index contributed by atoms with van der Waals surface area (Å²) in [5.41, 5.74) is -0.601. The maximum absolute atomic E-state index is 13.7. The average Bonchev–Trinajstić information content (AvgIpc) is 2.97. The van der Waals surface area contributed by atoms with Crippen LogP contribution in [0, 0.1) is 35.0 Å². The van der Waals surface area contributed by atoms with Crippen molar-refractivity contribution in [2.75, 3.05) is 30.8 Å². The van der Waals surface area contributed by atoms with E-state index < -0.39 is 52.9 Å². The number of nitrogens with one attached hydrogen (secondary N) is 2. The average molecular weight is 580 g/mol. The van der Waals surface area contributed by atoms with Crippen LogP contribution in [0.1, 0.15) is 34.9 Å². The number of nitrogens with zero attached hydrogens (tertiary/aromatic N) is 1. The lowest BCUT2D eigenvalue weighted by Crippen LogP contribution is -2.33. The fourth-order valence-corrected chi connectivity index (χ4v) is 4.03. The Bertz CT molecular complexity index is 1390. The molecular weight excluding hydrogens is 553 g/mol. The molecule has 8 nitrogen and oxygen atoms in total. The standard InChI is InChI=1S/C20H18F5N3O2.C8H8O3/c1-28-7-5-10(6-8-28)19(29)11-3-2-4-12(9-11)26-20(30)27-18-16(24)14(22)13(21)15(23)17(18)25;9-7(8(10)11)6-4-2-1-3-5-6/h2-4,9-10H,5-8H2,1H3,(H2,26,27,30);1-5,7,9H,(H,10,11). The van der Waals surface area contributed by atoms with Gasteiger partial charge in [0, 0.05) is 17.2 Å². The number of Topliss-reactive ketones (excluding diaryl/α,β-unsaturated/α-hetero) is 1. The molecule has 1 heterocycles. The van der Waals surface area contributed by atoms with Crippen LogP contribution in [0.5, 0.6) is 0 Å². The highest BCUT2D eigenvalue weighted by Gasteiger charge is 2.27. The minimum absolute atomic E-state index is 0.0908. The van der Waals surface area contributed by atoms with E-state index in [0.29, 0.717) is 24.0 Å². The highest BCUT2D eigenvalue weighted by Crippen LogP contribution is 2.27. The monoisotopic (exact) mass is 579 g/mol. The number of urea groups is 1. The molecule has 1 aliphatic heterocycles. The number of benzene rings is 3. The summed E-state index contributed by atoms with van der Waals surface area (Å²) in [6.45, 7) is 1.58. The van der Waals surface area contributed by atoms with E-state index in [0.717, 1.165) is 13.1 Å². The Labute approximate surface area is 231 Å². The number of aliphatic hydroxyl groups excluding tert-OH is 1. The number of ketones is 1. The van der Waals surface area contributed by atoms with E-state index in [9.17, 15) is 36.3 Å². The van der Waals surface area contributed by atoms with Crippen LogP contribution >= 0.6 is 0 Å². The topological polar surface area (TPSA) is 119 Å². The number of aliphatic carboxylic acids is 1. The minimum atomic E-state index is -2.32. The number of carboxylic acids is 1. The number of halogens is 5. The van der Waals surface area contributed by atoms with E-state index in [4.69, 9.17) is 10.2 Å². The van der Waals surface area contributed by atoms with Gasteiger partial charge in [-0.1, -0.05) is 42.5 Å². The fraction of sp³-hybridized carbons (Fsp3) is 0.250. The molecule has 1 saturated heterocycles. The van der Waals surface area contributed by atoms with Gasteiger partial charge in [-0.25, -0.2) is 31.5 Å². The number of amides is 2. The van der Waals surface area contributed by atoms with Crippen molar-refractivity contribution in [1.29, 1.82) is 0 Å². The van der Waals surface area contributed by atoms with Crippen LogP contribution in [0.2, 0.25) is 0 Å². The predicted molar refractivity (Wildman–Crippen MR) is 139 cm³/mol. The van der Waals surface area contributed by atoms with Crippen molar-refractivity contribution >= 4 is 29.2 Å². The maximum Gasteiger partial charge on any atom is 0.337 e. The first kappa shape index (κ1) is 31.2. The molecule has 3 aromatic carbocycles. The SMILES string of the molecule is CN1CCC(C(=O)c2cccc(NC(=O)Nc3c(F)c(F)c(F)c(F)c3F)c2)CC1.O=C(O)C(O)c1ccccc1. The Balaban J connectivity index is 0.000000352. The molecule has 0 saturated carbocycles. The number of carboxylic acid groups (broad SMARTS) is 1. The third kappa shape index (κ3) is 7.86. The summed E-state index contributed by atoms with van der Waals surface area (Å²) >= 11 is 0. The quantitative estimate of drug-likeness (QED) is 0.135. The van der Waals surface area contributed by atoms with Gasteiger partial charge in [0.15, 0.2) is 35.2 Å². The Kier molecular flexibility index (Phi) is 10.5. The Morgan fingerprint density at radius 3 is 1.95 bits per heavy atom. The lowest BCUT2D eigenvalue weighted by Gasteiger charge is -2.28. The first-order valence-corrected chi connectivity index (χ1v) is 12.3. The van der Waals surface area contributed by atoms with Gasteiger partial charge in [0.1, 0.15) is 5.69 Å². The Morgan fingerprint density at radius 2 is 1.39 bits per heavy atom. The van der Waals surface area contributed by atoms with Crippen molar-refractivity contribution < 1.29 is 46.5 Å². The van der Waals surface area contributed by atoms with Crippen LogP contribution in [0.15, 0.2) is 54.6 Å². The highest BCUT2D eigenvalue weighted by molar-refractivity contribution is 6.02. The van der Waals surface area contributed by atoms with Crippen LogP contribution < -0.4 is 10.6 Å². The van der Waals surface area contributed by atoms with E-state index in [1.807, 2.05) is 7.05 Å². The lowest BCUT2D eigenvalue weighted by atomic mass is 9.89. The van der Waals surface area contributed by atoms with Crippen molar-refractivity contribution in [3.05, 3.63) is 94.8 Å². The number of carbonyl (C=O) groups excluding carboxylic acids is 2. The van der Waals surface area contributed by atoms with Gasteiger partial charge in [0.05, 0.1) is 0 Å². The maximum atomic E-state index is 13.7. The number of aliphatic hydroxyl groups is 1.